The van der Waals surface area contributed by atoms with Gasteiger partial charge in [0.05, 0.1) is 19.8 Å². The first-order valence-corrected chi connectivity index (χ1v) is 8.94. The second-order valence-electron chi connectivity index (χ2n) is 5.97. The molecule has 6 nitrogen and oxygen atoms in total. The van der Waals surface area contributed by atoms with Gasteiger partial charge in [-0.3, -0.25) is 0 Å². The molecule has 0 bridgehead atoms. The summed E-state index contributed by atoms with van der Waals surface area (Å²) in [7, 11) is 0. The molecule has 0 saturated carbocycles. The number of nitrogens with zero attached hydrogens (tertiary/aromatic N) is 1. The van der Waals surface area contributed by atoms with E-state index in [9.17, 15) is 4.79 Å². The van der Waals surface area contributed by atoms with Gasteiger partial charge in [-0.1, -0.05) is 12.1 Å². The fourth-order valence-corrected chi connectivity index (χ4v) is 4.24. The van der Waals surface area contributed by atoms with Crippen LogP contribution in [0.2, 0.25) is 0 Å². The Morgan fingerprint density at radius 1 is 1.45 bits per heavy atom. The number of nitrogens with one attached hydrogen (secondary N) is 2. The van der Waals surface area contributed by atoms with Crippen molar-refractivity contribution in [1.29, 1.82) is 0 Å². The number of thioether (sulfide) groups is 1. The topological polar surface area (TPSA) is 76.4 Å². The molecule has 3 heterocycles. The molecule has 1 aromatic heterocycles. The molecule has 122 valence electrons. The number of carbonyl (C=O) groups is 1. The Hall–Kier alpha value is -1.21. The molecule has 0 aromatic carbocycles. The Balaban J connectivity index is 1.41. The molecule has 0 aliphatic carbocycles. The van der Waals surface area contributed by atoms with Gasteiger partial charge in [-0.25, -0.2) is 4.79 Å². The highest BCUT2D eigenvalue weighted by Gasteiger charge is 2.21. The van der Waals surface area contributed by atoms with Crippen molar-refractivity contribution in [3.8, 4) is 0 Å². The summed E-state index contributed by atoms with van der Waals surface area (Å²) in [5.41, 5.74) is 1.76. The second-order valence-corrected chi connectivity index (χ2v) is 7.52. The monoisotopic (exact) mass is 325 g/mol. The number of hydrogen-bond acceptors (Lipinski definition) is 5. The van der Waals surface area contributed by atoms with Crippen LogP contribution in [0.1, 0.15) is 36.8 Å². The number of urea groups is 1. The SMILES string of the molecule is C[C@@H]1C[C@@H](CNC(=O)NCc2noc3c2COCC3)CCS1. The van der Waals surface area contributed by atoms with Gasteiger partial charge in [0.1, 0.15) is 11.5 Å². The third-order valence-electron chi connectivity index (χ3n) is 4.23. The molecule has 1 fully saturated rings. The van der Waals surface area contributed by atoms with E-state index in [0.717, 1.165) is 30.0 Å². The number of carbonyl (C=O) groups excluding carboxylic acids is 1. The van der Waals surface area contributed by atoms with Gasteiger partial charge in [-0.2, -0.15) is 11.8 Å². The second kappa shape index (κ2) is 7.37. The van der Waals surface area contributed by atoms with Gasteiger partial charge in [-0.15, -0.1) is 0 Å². The standard InChI is InChI=1S/C15H23N3O3S/c1-10-6-11(3-5-22-10)7-16-15(19)17-8-13-12-9-20-4-2-14(12)21-18-13/h10-11H,2-9H2,1H3,(H2,16,17,19)/t10-,11+/m1/s1. The molecule has 3 rings (SSSR count). The quantitative estimate of drug-likeness (QED) is 0.886. The molecule has 22 heavy (non-hydrogen) atoms. The summed E-state index contributed by atoms with van der Waals surface area (Å²) in [6.07, 6.45) is 3.12. The molecule has 0 radical (unpaired) electrons. The lowest BCUT2D eigenvalue weighted by molar-refractivity contribution is 0.102. The minimum Gasteiger partial charge on any atom is -0.376 e. The summed E-state index contributed by atoms with van der Waals surface area (Å²) in [4.78, 5) is 11.9. The summed E-state index contributed by atoms with van der Waals surface area (Å²) < 4.78 is 10.7. The van der Waals surface area contributed by atoms with E-state index in [-0.39, 0.29) is 6.03 Å². The average molecular weight is 325 g/mol. The first-order chi connectivity index (χ1) is 10.7. The Morgan fingerprint density at radius 3 is 3.23 bits per heavy atom. The zero-order chi connectivity index (χ0) is 15.4. The van der Waals surface area contributed by atoms with Gasteiger partial charge < -0.3 is 19.9 Å². The maximum atomic E-state index is 11.9. The maximum absolute atomic E-state index is 11.9. The number of rotatable bonds is 4. The largest absolute Gasteiger partial charge is 0.376 e. The molecule has 2 amide bonds. The van der Waals surface area contributed by atoms with Crippen LogP contribution in [0, 0.1) is 5.92 Å². The van der Waals surface area contributed by atoms with Gasteiger partial charge in [0.25, 0.3) is 0 Å². The lowest BCUT2D eigenvalue weighted by atomic mass is 10.00. The molecular formula is C15H23N3O3S. The van der Waals surface area contributed by atoms with Gasteiger partial charge in [0.15, 0.2) is 0 Å². The fraction of sp³-hybridized carbons (Fsp3) is 0.733. The van der Waals surface area contributed by atoms with Crippen molar-refractivity contribution in [2.75, 3.05) is 18.9 Å². The van der Waals surface area contributed by atoms with Crippen LogP contribution in [-0.4, -0.2) is 35.3 Å². The number of fused-ring (bicyclic) bond motifs is 1. The van der Waals surface area contributed by atoms with Crippen LogP contribution in [0.5, 0.6) is 0 Å². The van der Waals surface area contributed by atoms with Crippen molar-refractivity contribution in [2.45, 2.75) is 44.6 Å². The van der Waals surface area contributed by atoms with E-state index >= 15 is 0 Å². The summed E-state index contributed by atoms with van der Waals surface area (Å²) in [6.45, 7) is 4.58. The molecule has 0 spiro atoms. The highest BCUT2D eigenvalue weighted by atomic mass is 32.2. The van der Waals surface area contributed by atoms with Gasteiger partial charge in [-0.05, 0) is 24.5 Å². The number of amides is 2. The molecule has 2 aliphatic rings. The third kappa shape index (κ3) is 3.95. The van der Waals surface area contributed by atoms with Crippen molar-refractivity contribution in [3.05, 3.63) is 17.0 Å². The molecule has 1 aromatic rings. The Labute approximate surface area is 134 Å². The van der Waals surface area contributed by atoms with Gasteiger partial charge in [0.2, 0.25) is 0 Å². The minimum absolute atomic E-state index is 0.139. The summed E-state index contributed by atoms with van der Waals surface area (Å²) in [5, 5.41) is 10.5. The van der Waals surface area contributed by atoms with Crippen LogP contribution in [0.3, 0.4) is 0 Å². The van der Waals surface area contributed by atoms with Crippen LogP contribution in [-0.2, 0) is 24.3 Å². The van der Waals surface area contributed by atoms with E-state index < -0.39 is 0 Å². The van der Waals surface area contributed by atoms with E-state index in [1.807, 2.05) is 11.8 Å². The minimum atomic E-state index is -0.139. The molecule has 2 aliphatic heterocycles. The van der Waals surface area contributed by atoms with Gasteiger partial charge in [0, 0.05) is 23.8 Å². The van der Waals surface area contributed by atoms with Crippen molar-refractivity contribution in [3.63, 3.8) is 0 Å². The highest BCUT2D eigenvalue weighted by molar-refractivity contribution is 7.99. The first-order valence-electron chi connectivity index (χ1n) is 7.89. The lowest BCUT2D eigenvalue weighted by Gasteiger charge is -2.26. The first kappa shape index (κ1) is 15.7. The van der Waals surface area contributed by atoms with Crippen molar-refractivity contribution in [1.82, 2.24) is 15.8 Å². The predicted molar refractivity (Wildman–Crippen MR) is 84.7 cm³/mol. The van der Waals surface area contributed by atoms with E-state index in [1.165, 1.54) is 18.6 Å². The van der Waals surface area contributed by atoms with E-state index in [0.29, 0.717) is 30.9 Å². The fourth-order valence-electron chi connectivity index (χ4n) is 2.96. The van der Waals surface area contributed by atoms with E-state index in [2.05, 4.69) is 22.7 Å². The van der Waals surface area contributed by atoms with Crippen LogP contribution in [0.15, 0.2) is 4.52 Å². The zero-order valence-corrected chi connectivity index (χ0v) is 13.7. The maximum Gasteiger partial charge on any atom is 0.315 e. The normalized spacial score (nSPS) is 24.6. The molecule has 1 saturated heterocycles. The Kier molecular flexibility index (Phi) is 5.25. The average Bonchev–Trinajstić information content (AvgIpc) is 2.94. The van der Waals surface area contributed by atoms with Crippen LogP contribution < -0.4 is 10.6 Å². The van der Waals surface area contributed by atoms with E-state index in [1.54, 1.807) is 0 Å². The Bertz CT molecular complexity index is 520. The van der Waals surface area contributed by atoms with Crippen molar-refractivity contribution >= 4 is 17.8 Å². The van der Waals surface area contributed by atoms with Gasteiger partial charge >= 0.3 is 6.03 Å². The highest BCUT2D eigenvalue weighted by Crippen LogP contribution is 2.28. The molecule has 2 N–H and O–H groups in total. The van der Waals surface area contributed by atoms with Crippen LogP contribution in [0.4, 0.5) is 4.79 Å². The molecular weight excluding hydrogens is 302 g/mol. The predicted octanol–water partition coefficient (Wildman–Crippen LogP) is 2.08. The number of aromatic nitrogens is 1. The Morgan fingerprint density at radius 2 is 2.36 bits per heavy atom. The van der Waals surface area contributed by atoms with Crippen LogP contribution in [0.25, 0.3) is 0 Å². The molecule has 0 unspecified atom stereocenters. The molecule has 7 heteroatoms. The van der Waals surface area contributed by atoms with Crippen molar-refractivity contribution < 1.29 is 14.1 Å². The third-order valence-corrected chi connectivity index (χ3v) is 5.47. The number of ether oxygens (including phenoxy) is 1. The smallest absolute Gasteiger partial charge is 0.315 e. The lowest BCUT2D eigenvalue weighted by Crippen LogP contribution is -2.39. The summed E-state index contributed by atoms with van der Waals surface area (Å²) >= 11 is 2.02. The van der Waals surface area contributed by atoms with Crippen molar-refractivity contribution in [2.24, 2.45) is 5.92 Å². The van der Waals surface area contributed by atoms with E-state index in [4.69, 9.17) is 9.26 Å². The summed E-state index contributed by atoms with van der Waals surface area (Å²) in [6, 6.07) is -0.139. The summed E-state index contributed by atoms with van der Waals surface area (Å²) in [5.74, 6) is 2.67. The molecule has 2 atom stereocenters. The zero-order valence-electron chi connectivity index (χ0n) is 12.9. The van der Waals surface area contributed by atoms with Crippen LogP contribution >= 0.6 is 11.8 Å². The number of hydrogen-bond donors (Lipinski definition) is 2.